The predicted octanol–water partition coefficient (Wildman–Crippen LogP) is 3.97. The largest absolute Gasteiger partial charge is 0.486 e. The first-order chi connectivity index (χ1) is 14.5. The molecule has 0 atom stereocenters. The summed E-state index contributed by atoms with van der Waals surface area (Å²) in [7, 11) is 2.15. The molecule has 1 amide bonds. The lowest BCUT2D eigenvalue weighted by molar-refractivity contribution is -0.120. The fourth-order valence-corrected chi connectivity index (χ4v) is 4.02. The Morgan fingerprint density at radius 1 is 0.933 bits per heavy atom. The molecular formula is C25H31N3O2. The number of carbonyl (C=O) groups excluding carboxylic acids is 1. The Labute approximate surface area is 179 Å². The number of hydrogen-bond donors (Lipinski definition) is 0. The summed E-state index contributed by atoms with van der Waals surface area (Å²) >= 11 is 0. The van der Waals surface area contributed by atoms with Gasteiger partial charge in [0.1, 0.15) is 6.61 Å². The van der Waals surface area contributed by atoms with Crippen LogP contribution in [0.5, 0.6) is 0 Å². The second-order valence-corrected chi connectivity index (χ2v) is 8.41. The molecule has 2 fully saturated rings. The molecule has 0 radical (unpaired) electrons. The van der Waals surface area contributed by atoms with E-state index in [2.05, 4.69) is 61.0 Å². The first-order valence-electron chi connectivity index (χ1n) is 10.8. The first kappa shape index (κ1) is 20.5. The number of rotatable bonds is 4. The fourth-order valence-electron chi connectivity index (χ4n) is 4.02. The smallest absolute Gasteiger partial charge is 0.293 e. The van der Waals surface area contributed by atoms with E-state index in [-0.39, 0.29) is 5.91 Å². The molecule has 0 bridgehead atoms. The number of nitrogens with zero attached hydrogens (tertiary/aromatic N) is 3. The summed E-state index contributed by atoms with van der Waals surface area (Å²) in [5.41, 5.74) is 4.39. The average molecular weight is 406 g/mol. The molecule has 0 saturated carbocycles. The van der Waals surface area contributed by atoms with Crippen molar-refractivity contribution in [3.8, 4) is 0 Å². The van der Waals surface area contributed by atoms with Crippen LogP contribution in [-0.2, 0) is 9.53 Å². The van der Waals surface area contributed by atoms with E-state index < -0.39 is 0 Å². The highest BCUT2D eigenvalue weighted by Gasteiger charge is 2.27. The molecule has 4 rings (SSSR count). The van der Waals surface area contributed by atoms with Crippen LogP contribution in [0.2, 0.25) is 0 Å². The van der Waals surface area contributed by atoms with Crippen molar-refractivity contribution >= 4 is 23.4 Å². The van der Waals surface area contributed by atoms with Gasteiger partial charge in [-0.2, -0.15) is 0 Å². The van der Waals surface area contributed by atoms with Crippen molar-refractivity contribution < 1.29 is 9.53 Å². The second kappa shape index (κ2) is 8.92. The minimum atomic E-state index is -0.0771. The standard InChI is InChI=1S/C25H31N3O2/c1-19(2)20-8-10-22(11-9-20)28-16-17-30-24(25(28)29)18-21-6-4-5-7-23(21)27-14-12-26(3)13-15-27/h4-11,18-19H,12-17H2,1-3H3. The zero-order valence-corrected chi connectivity index (χ0v) is 18.2. The quantitative estimate of drug-likeness (QED) is 0.722. The number of hydrogen-bond acceptors (Lipinski definition) is 4. The topological polar surface area (TPSA) is 36.0 Å². The summed E-state index contributed by atoms with van der Waals surface area (Å²) in [6.45, 7) is 9.47. The number of para-hydroxylation sites is 1. The predicted molar refractivity (Wildman–Crippen MR) is 123 cm³/mol. The number of amides is 1. The first-order valence-corrected chi connectivity index (χ1v) is 10.8. The van der Waals surface area contributed by atoms with Gasteiger partial charge in [-0.3, -0.25) is 4.79 Å². The molecule has 2 aliphatic rings. The Morgan fingerprint density at radius 2 is 1.63 bits per heavy atom. The number of likely N-dealkylation sites (N-methyl/N-ethyl adjacent to an activating group) is 1. The van der Waals surface area contributed by atoms with E-state index >= 15 is 0 Å². The van der Waals surface area contributed by atoms with Crippen molar-refractivity contribution in [1.29, 1.82) is 0 Å². The van der Waals surface area contributed by atoms with Crippen LogP contribution in [0.15, 0.2) is 54.3 Å². The van der Waals surface area contributed by atoms with Crippen LogP contribution in [0.25, 0.3) is 6.08 Å². The zero-order valence-electron chi connectivity index (χ0n) is 18.2. The number of piperazine rings is 1. The van der Waals surface area contributed by atoms with Gasteiger partial charge in [0.2, 0.25) is 0 Å². The van der Waals surface area contributed by atoms with E-state index in [1.807, 2.05) is 29.2 Å². The Balaban J connectivity index is 1.58. The van der Waals surface area contributed by atoms with Crippen molar-refractivity contribution in [2.45, 2.75) is 19.8 Å². The normalized spacial score (nSPS) is 19.5. The van der Waals surface area contributed by atoms with Crippen LogP contribution < -0.4 is 9.80 Å². The van der Waals surface area contributed by atoms with E-state index in [4.69, 9.17) is 4.74 Å². The van der Waals surface area contributed by atoms with Crippen molar-refractivity contribution in [2.24, 2.45) is 0 Å². The Kier molecular flexibility index (Phi) is 6.09. The lowest BCUT2D eigenvalue weighted by Crippen LogP contribution is -2.44. The lowest BCUT2D eigenvalue weighted by atomic mass is 10.0. The summed E-state index contributed by atoms with van der Waals surface area (Å²) in [5.74, 6) is 0.809. The molecule has 2 heterocycles. The molecule has 2 aromatic rings. The zero-order chi connectivity index (χ0) is 21.1. The lowest BCUT2D eigenvalue weighted by Gasteiger charge is -2.35. The molecule has 0 N–H and O–H groups in total. The molecule has 30 heavy (non-hydrogen) atoms. The van der Waals surface area contributed by atoms with Crippen LogP contribution in [0.3, 0.4) is 0 Å². The highest BCUT2D eigenvalue weighted by molar-refractivity contribution is 6.07. The summed E-state index contributed by atoms with van der Waals surface area (Å²) < 4.78 is 5.81. The van der Waals surface area contributed by atoms with Crippen LogP contribution in [0, 0.1) is 0 Å². The molecule has 5 heteroatoms. The van der Waals surface area contributed by atoms with Gasteiger partial charge in [-0.05, 0) is 42.8 Å². The Hall–Kier alpha value is -2.79. The maximum absolute atomic E-state index is 13.2. The third-order valence-electron chi connectivity index (χ3n) is 5.97. The number of anilines is 2. The molecule has 0 spiro atoms. The van der Waals surface area contributed by atoms with E-state index in [0.717, 1.165) is 43.1 Å². The van der Waals surface area contributed by atoms with Gasteiger partial charge in [0.25, 0.3) is 5.91 Å². The van der Waals surface area contributed by atoms with Crippen LogP contribution in [0.4, 0.5) is 11.4 Å². The van der Waals surface area contributed by atoms with Gasteiger partial charge in [0.05, 0.1) is 6.54 Å². The van der Waals surface area contributed by atoms with Crippen molar-refractivity contribution in [3.05, 3.63) is 65.4 Å². The third-order valence-corrected chi connectivity index (χ3v) is 5.97. The maximum Gasteiger partial charge on any atom is 0.293 e. The van der Waals surface area contributed by atoms with Gasteiger partial charge in [0.15, 0.2) is 5.76 Å². The van der Waals surface area contributed by atoms with Crippen LogP contribution in [-0.4, -0.2) is 57.2 Å². The minimum Gasteiger partial charge on any atom is -0.486 e. The van der Waals surface area contributed by atoms with E-state index in [1.165, 1.54) is 5.56 Å². The van der Waals surface area contributed by atoms with Gasteiger partial charge >= 0.3 is 0 Å². The minimum absolute atomic E-state index is 0.0771. The maximum atomic E-state index is 13.2. The van der Waals surface area contributed by atoms with Gasteiger partial charge in [-0.15, -0.1) is 0 Å². The molecule has 0 aromatic heterocycles. The summed E-state index contributed by atoms with van der Waals surface area (Å²) in [6.07, 6.45) is 1.91. The van der Waals surface area contributed by atoms with Crippen molar-refractivity contribution in [3.63, 3.8) is 0 Å². The molecular weight excluding hydrogens is 374 g/mol. The van der Waals surface area contributed by atoms with Gasteiger partial charge in [0, 0.05) is 43.1 Å². The van der Waals surface area contributed by atoms with Crippen molar-refractivity contribution in [2.75, 3.05) is 56.2 Å². The number of ether oxygens (including phenoxy) is 1. The number of morpholine rings is 1. The molecule has 2 aromatic carbocycles. The third kappa shape index (κ3) is 4.36. The van der Waals surface area contributed by atoms with Crippen molar-refractivity contribution in [1.82, 2.24) is 4.90 Å². The summed E-state index contributed by atoms with van der Waals surface area (Å²) in [4.78, 5) is 19.7. The average Bonchev–Trinajstić information content (AvgIpc) is 2.76. The molecule has 5 nitrogen and oxygen atoms in total. The second-order valence-electron chi connectivity index (χ2n) is 8.41. The Bertz CT molecular complexity index is 912. The molecule has 2 saturated heterocycles. The molecule has 0 unspecified atom stereocenters. The SMILES string of the molecule is CC(C)c1ccc(N2CCOC(=Cc3ccccc3N3CCN(C)CC3)C2=O)cc1. The van der Waals surface area contributed by atoms with Gasteiger partial charge < -0.3 is 19.4 Å². The monoisotopic (exact) mass is 405 g/mol. The Morgan fingerprint density at radius 3 is 2.33 bits per heavy atom. The molecule has 158 valence electrons. The van der Waals surface area contributed by atoms with E-state index in [9.17, 15) is 4.79 Å². The van der Waals surface area contributed by atoms with E-state index in [0.29, 0.717) is 24.8 Å². The highest BCUT2D eigenvalue weighted by atomic mass is 16.5. The molecule has 0 aliphatic carbocycles. The molecule has 2 aliphatic heterocycles. The van der Waals surface area contributed by atoms with E-state index in [1.54, 1.807) is 0 Å². The number of benzene rings is 2. The van der Waals surface area contributed by atoms with Crippen LogP contribution in [0.1, 0.15) is 30.9 Å². The van der Waals surface area contributed by atoms with Gasteiger partial charge in [-0.25, -0.2) is 0 Å². The summed E-state index contributed by atoms with van der Waals surface area (Å²) in [5, 5.41) is 0. The summed E-state index contributed by atoms with van der Waals surface area (Å²) in [6, 6.07) is 16.6. The van der Waals surface area contributed by atoms with Gasteiger partial charge in [-0.1, -0.05) is 44.2 Å². The fraction of sp³-hybridized carbons (Fsp3) is 0.400. The highest BCUT2D eigenvalue weighted by Crippen LogP contribution is 2.28. The van der Waals surface area contributed by atoms with Crippen LogP contribution >= 0.6 is 0 Å². The number of carbonyl (C=O) groups is 1.